The van der Waals surface area contributed by atoms with Gasteiger partial charge in [-0.25, -0.2) is 4.39 Å². The van der Waals surface area contributed by atoms with Gasteiger partial charge in [-0.2, -0.15) is 0 Å². The lowest BCUT2D eigenvalue weighted by atomic mass is 9.88. The zero-order chi connectivity index (χ0) is 20.1. The van der Waals surface area contributed by atoms with Crippen LogP contribution in [0.25, 0.3) is 22.2 Å². The first-order valence-corrected chi connectivity index (χ1v) is 9.86. The lowest BCUT2D eigenvalue weighted by molar-refractivity contribution is 0.0878. The minimum Gasteiger partial charge on any atom is -0.356 e. The second kappa shape index (κ2) is 7.81. The molecule has 1 unspecified atom stereocenters. The van der Waals surface area contributed by atoms with Crippen molar-refractivity contribution in [2.24, 2.45) is 0 Å². The first-order valence-electron chi connectivity index (χ1n) is 9.86. The van der Waals surface area contributed by atoms with E-state index in [1.165, 1.54) is 18.6 Å². The first-order chi connectivity index (χ1) is 14.0. The highest BCUT2D eigenvalue weighted by molar-refractivity contribution is 6.23. The SMILES string of the molecule is CC(c1c(-c2noc3cc(F)ccc23)ccc2c1C(=O)NC2=O)N1CCCCC1.Cl. The number of carbonyl (C=O) groups excluding carboxylic acids is 2. The van der Waals surface area contributed by atoms with Gasteiger partial charge in [0.05, 0.1) is 11.1 Å². The Hall–Kier alpha value is -2.77. The van der Waals surface area contributed by atoms with E-state index < -0.39 is 5.82 Å². The van der Waals surface area contributed by atoms with Gasteiger partial charge in [0.15, 0.2) is 5.58 Å². The van der Waals surface area contributed by atoms with E-state index in [0.717, 1.165) is 37.1 Å². The summed E-state index contributed by atoms with van der Waals surface area (Å²) in [7, 11) is 0. The Morgan fingerprint density at radius 2 is 1.80 bits per heavy atom. The molecule has 5 rings (SSSR count). The van der Waals surface area contributed by atoms with Crippen molar-refractivity contribution in [3.8, 4) is 11.3 Å². The summed E-state index contributed by atoms with van der Waals surface area (Å²) in [5, 5.41) is 7.26. The van der Waals surface area contributed by atoms with Crippen molar-refractivity contribution in [2.45, 2.75) is 32.2 Å². The second-order valence-electron chi connectivity index (χ2n) is 7.68. The lowest BCUT2D eigenvalue weighted by Crippen LogP contribution is -2.33. The van der Waals surface area contributed by atoms with Gasteiger partial charge < -0.3 is 4.52 Å². The molecule has 1 saturated heterocycles. The summed E-state index contributed by atoms with van der Waals surface area (Å²) in [5.74, 6) is -1.17. The van der Waals surface area contributed by atoms with Gasteiger partial charge in [-0.05, 0) is 56.6 Å². The zero-order valence-electron chi connectivity index (χ0n) is 16.4. The number of halogens is 2. The number of benzene rings is 2. The number of amides is 2. The van der Waals surface area contributed by atoms with E-state index in [0.29, 0.717) is 27.8 Å². The molecule has 2 aliphatic rings. The van der Waals surface area contributed by atoms with Crippen LogP contribution in [-0.4, -0.2) is 35.0 Å². The summed E-state index contributed by atoms with van der Waals surface area (Å²) in [4.78, 5) is 27.3. The standard InChI is InChI=1S/C22H20FN3O3.ClH/c1-12(26-9-3-2-4-10-26)18-15(7-8-16-19(18)22(28)24-21(16)27)20-14-6-5-13(23)11-17(14)29-25-20;/h5-8,11-12H,2-4,9-10H2,1H3,(H,24,27,28);1H. The third-order valence-corrected chi connectivity index (χ3v) is 5.99. The van der Waals surface area contributed by atoms with Crippen molar-refractivity contribution in [1.82, 2.24) is 15.4 Å². The molecule has 30 heavy (non-hydrogen) atoms. The van der Waals surface area contributed by atoms with E-state index in [2.05, 4.69) is 22.3 Å². The molecule has 1 fully saturated rings. The minimum atomic E-state index is -0.402. The number of carbonyl (C=O) groups is 2. The molecule has 1 aromatic heterocycles. The van der Waals surface area contributed by atoms with E-state index in [1.807, 2.05) is 6.07 Å². The summed E-state index contributed by atoms with van der Waals surface area (Å²) >= 11 is 0. The molecule has 2 amide bonds. The Balaban J connectivity index is 0.00000218. The Morgan fingerprint density at radius 3 is 2.57 bits per heavy atom. The number of nitrogens with one attached hydrogen (secondary N) is 1. The van der Waals surface area contributed by atoms with Gasteiger partial charge in [-0.1, -0.05) is 17.6 Å². The van der Waals surface area contributed by atoms with E-state index in [4.69, 9.17) is 4.52 Å². The van der Waals surface area contributed by atoms with E-state index in [9.17, 15) is 14.0 Å². The van der Waals surface area contributed by atoms with E-state index in [1.54, 1.807) is 12.1 Å². The Morgan fingerprint density at radius 1 is 1.07 bits per heavy atom. The maximum Gasteiger partial charge on any atom is 0.259 e. The molecule has 2 aliphatic heterocycles. The largest absolute Gasteiger partial charge is 0.356 e. The number of nitrogens with zero attached hydrogens (tertiary/aromatic N) is 2. The van der Waals surface area contributed by atoms with Crippen LogP contribution in [0.3, 0.4) is 0 Å². The first kappa shape index (κ1) is 20.5. The summed E-state index contributed by atoms with van der Waals surface area (Å²) in [5.41, 5.74) is 3.19. The van der Waals surface area contributed by atoms with Gasteiger partial charge in [0.2, 0.25) is 0 Å². The average molecular weight is 430 g/mol. The van der Waals surface area contributed by atoms with Crippen LogP contribution in [0.5, 0.6) is 0 Å². The maximum absolute atomic E-state index is 13.6. The quantitative estimate of drug-likeness (QED) is 0.621. The molecule has 0 radical (unpaired) electrons. The topological polar surface area (TPSA) is 75.4 Å². The second-order valence-corrected chi connectivity index (χ2v) is 7.68. The number of fused-ring (bicyclic) bond motifs is 2. The number of hydrogen-bond acceptors (Lipinski definition) is 5. The summed E-state index contributed by atoms with van der Waals surface area (Å²) in [6.07, 6.45) is 3.40. The van der Waals surface area contributed by atoms with Crippen LogP contribution in [0.1, 0.15) is 58.5 Å². The fourth-order valence-corrected chi connectivity index (χ4v) is 4.52. The summed E-state index contributed by atoms with van der Waals surface area (Å²) in [6.45, 7) is 3.93. The molecule has 0 saturated carbocycles. The van der Waals surface area contributed by atoms with Crippen LogP contribution in [0.15, 0.2) is 34.9 Å². The number of piperidine rings is 1. The van der Waals surface area contributed by atoms with Crippen molar-refractivity contribution in [3.05, 3.63) is 52.8 Å². The van der Waals surface area contributed by atoms with Crippen LogP contribution in [0, 0.1) is 5.82 Å². The number of aromatic nitrogens is 1. The molecule has 1 atom stereocenters. The number of hydrogen-bond donors (Lipinski definition) is 1. The highest BCUT2D eigenvalue weighted by Crippen LogP contribution is 2.40. The van der Waals surface area contributed by atoms with Crippen molar-refractivity contribution in [2.75, 3.05) is 13.1 Å². The third-order valence-electron chi connectivity index (χ3n) is 5.99. The van der Waals surface area contributed by atoms with E-state index in [-0.39, 0.29) is 30.3 Å². The number of rotatable bonds is 3. The van der Waals surface area contributed by atoms with Crippen LogP contribution in [0.4, 0.5) is 4.39 Å². The molecular formula is C22H21ClFN3O3. The van der Waals surface area contributed by atoms with Gasteiger partial charge in [0.1, 0.15) is 11.5 Å². The molecular weight excluding hydrogens is 409 g/mol. The zero-order valence-corrected chi connectivity index (χ0v) is 17.2. The fraction of sp³-hybridized carbons (Fsp3) is 0.318. The minimum absolute atomic E-state index is 0. The normalized spacial score (nSPS) is 17.5. The van der Waals surface area contributed by atoms with Gasteiger partial charge >= 0.3 is 0 Å². The van der Waals surface area contributed by atoms with Gasteiger partial charge in [0.25, 0.3) is 11.8 Å². The molecule has 8 heteroatoms. The van der Waals surface area contributed by atoms with Crippen LogP contribution in [0.2, 0.25) is 0 Å². The molecule has 3 heterocycles. The maximum atomic E-state index is 13.6. The summed E-state index contributed by atoms with van der Waals surface area (Å²) < 4.78 is 18.9. The Bertz CT molecular complexity index is 1150. The molecule has 0 spiro atoms. The predicted octanol–water partition coefficient (Wildman–Crippen LogP) is 4.49. The Labute approximate surface area is 178 Å². The Kier molecular flexibility index (Phi) is 5.34. The molecule has 3 aromatic rings. The van der Waals surface area contributed by atoms with Crippen LogP contribution >= 0.6 is 12.4 Å². The average Bonchev–Trinajstić information content (AvgIpc) is 3.27. The van der Waals surface area contributed by atoms with Gasteiger partial charge in [-0.3, -0.25) is 19.8 Å². The molecule has 156 valence electrons. The number of imide groups is 1. The monoisotopic (exact) mass is 429 g/mol. The predicted molar refractivity (Wildman–Crippen MR) is 112 cm³/mol. The fourth-order valence-electron chi connectivity index (χ4n) is 4.52. The molecule has 1 N–H and O–H groups in total. The van der Waals surface area contributed by atoms with E-state index >= 15 is 0 Å². The van der Waals surface area contributed by atoms with Crippen molar-refractivity contribution < 1.29 is 18.5 Å². The molecule has 6 nitrogen and oxygen atoms in total. The van der Waals surface area contributed by atoms with Crippen molar-refractivity contribution in [1.29, 1.82) is 0 Å². The van der Waals surface area contributed by atoms with Crippen molar-refractivity contribution in [3.63, 3.8) is 0 Å². The molecule has 0 aliphatic carbocycles. The third kappa shape index (κ3) is 3.18. The van der Waals surface area contributed by atoms with Crippen molar-refractivity contribution >= 4 is 35.2 Å². The summed E-state index contributed by atoms with van der Waals surface area (Å²) in [6, 6.07) is 7.67. The van der Waals surface area contributed by atoms with Gasteiger partial charge in [-0.15, -0.1) is 12.4 Å². The van der Waals surface area contributed by atoms with Crippen LogP contribution in [-0.2, 0) is 0 Å². The molecule has 0 bridgehead atoms. The smallest absolute Gasteiger partial charge is 0.259 e. The highest BCUT2D eigenvalue weighted by atomic mass is 35.5. The lowest BCUT2D eigenvalue weighted by Gasteiger charge is -2.34. The number of likely N-dealkylation sites (tertiary alicyclic amines) is 1. The van der Waals surface area contributed by atoms with Crippen LogP contribution < -0.4 is 5.32 Å². The molecule has 2 aromatic carbocycles. The van der Waals surface area contributed by atoms with Gasteiger partial charge in [0, 0.05) is 23.1 Å². The highest BCUT2D eigenvalue weighted by Gasteiger charge is 2.35.